The highest BCUT2D eigenvalue weighted by Gasteiger charge is 2.34. The molecule has 7 heteroatoms. The van der Waals surface area contributed by atoms with Crippen molar-refractivity contribution >= 4 is 23.4 Å². The molecule has 4 aliphatic heterocycles. The van der Waals surface area contributed by atoms with Gasteiger partial charge in [-0.3, -0.25) is 4.79 Å². The molecule has 4 fully saturated rings. The molecular weight excluding hydrogens is 396 g/mol. The quantitative estimate of drug-likeness (QED) is 0.797. The maximum Gasteiger partial charge on any atom is 0.251 e. The third-order valence-corrected chi connectivity index (χ3v) is 7.37. The average molecular weight is 425 g/mol. The van der Waals surface area contributed by atoms with Crippen molar-refractivity contribution in [1.29, 1.82) is 0 Å². The largest absolute Gasteiger partial charge is 0.378 e. The number of hydrogen-bond acceptors (Lipinski definition) is 6. The highest BCUT2D eigenvalue weighted by atomic mass is 32.2. The molecule has 0 radical (unpaired) electrons. The van der Waals surface area contributed by atoms with Crippen LogP contribution in [-0.4, -0.2) is 67.8 Å². The number of ether oxygens (including phenoxy) is 1. The SMILES string of the molecule is O=C(N[C@H]1CN2CCC1CC2)c1ccc(Sc2ccc(N3CCOCC3)cn2)cc1. The Kier molecular flexibility index (Phi) is 5.93. The lowest BCUT2D eigenvalue weighted by molar-refractivity contribution is 0.0620. The number of morpholine rings is 1. The van der Waals surface area contributed by atoms with Crippen molar-refractivity contribution in [3.8, 4) is 0 Å². The Bertz CT molecular complexity index is 860. The van der Waals surface area contributed by atoms with Gasteiger partial charge in [0.25, 0.3) is 5.91 Å². The number of amides is 1. The Hall–Kier alpha value is -2.09. The first-order valence-electron chi connectivity index (χ1n) is 10.8. The second kappa shape index (κ2) is 8.96. The second-order valence-electron chi connectivity index (χ2n) is 8.30. The van der Waals surface area contributed by atoms with Crippen molar-refractivity contribution in [2.24, 2.45) is 5.92 Å². The highest BCUT2D eigenvalue weighted by molar-refractivity contribution is 7.99. The van der Waals surface area contributed by atoms with Crippen LogP contribution < -0.4 is 10.2 Å². The smallest absolute Gasteiger partial charge is 0.251 e. The number of nitrogens with zero attached hydrogens (tertiary/aromatic N) is 3. The zero-order valence-corrected chi connectivity index (χ0v) is 17.9. The first-order valence-corrected chi connectivity index (χ1v) is 11.7. The van der Waals surface area contributed by atoms with Gasteiger partial charge in [-0.2, -0.15) is 0 Å². The van der Waals surface area contributed by atoms with Crippen LogP contribution in [0.25, 0.3) is 0 Å². The molecule has 6 nitrogen and oxygen atoms in total. The maximum absolute atomic E-state index is 12.7. The van der Waals surface area contributed by atoms with Gasteiger partial charge in [0.05, 0.1) is 25.1 Å². The summed E-state index contributed by atoms with van der Waals surface area (Å²) in [6.45, 7) is 6.74. The maximum atomic E-state index is 12.7. The summed E-state index contributed by atoms with van der Waals surface area (Å²) in [7, 11) is 0. The van der Waals surface area contributed by atoms with Crippen LogP contribution in [0.5, 0.6) is 0 Å². The van der Waals surface area contributed by atoms with Crippen molar-refractivity contribution in [1.82, 2.24) is 15.2 Å². The summed E-state index contributed by atoms with van der Waals surface area (Å²) in [5, 5.41) is 4.21. The average Bonchev–Trinajstić information content (AvgIpc) is 2.81. The summed E-state index contributed by atoms with van der Waals surface area (Å²) in [6.07, 6.45) is 4.35. The third-order valence-electron chi connectivity index (χ3n) is 6.41. The monoisotopic (exact) mass is 424 g/mol. The van der Waals surface area contributed by atoms with Crippen LogP contribution in [-0.2, 0) is 4.74 Å². The van der Waals surface area contributed by atoms with Crippen LogP contribution in [0.4, 0.5) is 5.69 Å². The third kappa shape index (κ3) is 4.48. The predicted octanol–water partition coefficient (Wildman–Crippen LogP) is 2.89. The Labute approximate surface area is 182 Å². The van der Waals surface area contributed by atoms with Crippen molar-refractivity contribution in [3.05, 3.63) is 48.2 Å². The van der Waals surface area contributed by atoms with Gasteiger partial charge in [0.2, 0.25) is 0 Å². The normalized spacial score (nSPS) is 25.9. The number of rotatable bonds is 5. The van der Waals surface area contributed by atoms with E-state index in [9.17, 15) is 4.79 Å². The van der Waals surface area contributed by atoms with Crippen LogP contribution in [0.1, 0.15) is 23.2 Å². The molecule has 4 saturated heterocycles. The molecule has 5 heterocycles. The number of anilines is 1. The van der Waals surface area contributed by atoms with E-state index in [0.29, 0.717) is 12.0 Å². The standard InChI is InChI=1S/C23H28N4O2S/c28-23(25-21-16-26-9-7-17(21)8-10-26)18-1-4-20(5-2-18)30-22-6-3-19(15-24-22)27-11-13-29-14-12-27/h1-6,15,17,21H,7-14,16H2,(H,25,28)/t21-/m0/s1. The molecular formula is C23H28N4O2S. The summed E-state index contributed by atoms with van der Waals surface area (Å²) in [6, 6.07) is 12.3. The van der Waals surface area contributed by atoms with E-state index in [1.807, 2.05) is 30.5 Å². The summed E-state index contributed by atoms with van der Waals surface area (Å²) < 4.78 is 5.41. The summed E-state index contributed by atoms with van der Waals surface area (Å²) in [5.74, 6) is 0.679. The molecule has 1 amide bonds. The van der Waals surface area contributed by atoms with Gasteiger partial charge < -0.3 is 19.9 Å². The molecule has 1 aromatic heterocycles. The second-order valence-corrected chi connectivity index (χ2v) is 9.39. The van der Waals surface area contributed by atoms with Gasteiger partial charge in [-0.05, 0) is 68.2 Å². The first kappa shape index (κ1) is 19.8. The summed E-state index contributed by atoms with van der Waals surface area (Å²) >= 11 is 1.62. The van der Waals surface area contributed by atoms with E-state index in [2.05, 4.69) is 32.2 Å². The van der Waals surface area contributed by atoms with Gasteiger partial charge in [0.1, 0.15) is 5.03 Å². The number of hydrogen-bond donors (Lipinski definition) is 1. The Balaban J connectivity index is 1.17. The fraction of sp³-hybridized carbons (Fsp3) is 0.478. The van der Waals surface area contributed by atoms with E-state index in [0.717, 1.165) is 54.0 Å². The Morgan fingerprint density at radius 3 is 2.43 bits per heavy atom. The molecule has 1 aromatic carbocycles. The van der Waals surface area contributed by atoms with Gasteiger partial charge in [0, 0.05) is 36.1 Å². The van der Waals surface area contributed by atoms with Crippen molar-refractivity contribution in [2.45, 2.75) is 28.8 Å². The number of piperidine rings is 3. The van der Waals surface area contributed by atoms with E-state index < -0.39 is 0 Å². The van der Waals surface area contributed by atoms with Gasteiger partial charge in [-0.25, -0.2) is 4.98 Å². The van der Waals surface area contributed by atoms with Crippen molar-refractivity contribution in [2.75, 3.05) is 50.8 Å². The number of fused-ring (bicyclic) bond motifs is 3. The molecule has 6 rings (SSSR count). The lowest BCUT2D eigenvalue weighted by Crippen LogP contribution is -2.57. The topological polar surface area (TPSA) is 57.7 Å². The number of pyridine rings is 1. The molecule has 0 aliphatic carbocycles. The van der Waals surface area contributed by atoms with E-state index in [1.54, 1.807) is 11.8 Å². The molecule has 2 aromatic rings. The van der Waals surface area contributed by atoms with Crippen LogP contribution in [0.2, 0.25) is 0 Å². The molecule has 1 N–H and O–H groups in total. The first-order chi connectivity index (χ1) is 14.7. The molecule has 0 unspecified atom stereocenters. The van der Waals surface area contributed by atoms with Crippen molar-refractivity contribution in [3.63, 3.8) is 0 Å². The zero-order valence-electron chi connectivity index (χ0n) is 17.1. The molecule has 158 valence electrons. The van der Waals surface area contributed by atoms with Gasteiger partial charge in [-0.1, -0.05) is 11.8 Å². The fourth-order valence-electron chi connectivity index (χ4n) is 4.62. The Morgan fingerprint density at radius 1 is 1.03 bits per heavy atom. The minimum atomic E-state index is 0.0401. The number of nitrogens with one attached hydrogen (secondary N) is 1. The summed E-state index contributed by atoms with van der Waals surface area (Å²) in [4.78, 5) is 23.1. The predicted molar refractivity (Wildman–Crippen MR) is 118 cm³/mol. The summed E-state index contributed by atoms with van der Waals surface area (Å²) in [5.41, 5.74) is 1.87. The molecule has 4 aliphatic rings. The van der Waals surface area contributed by atoms with E-state index in [4.69, 9.17) is 4.74 Å². The lowest BCUT2D eigenvalue weighted by Gasteiger charge is -2.44. The fourth-order valence-corrected chi connectivity index (χ4v) is 5.37. The van der Waals surface area contributed by atoms with Crippen LogP contribution in [0.3, 0.4) is 0 Å². The lowest BCUT2D eigenvalue weighted by atomic mass is 9.84. The minimum Gasteiger partial charge on any atom is -0.378 e. The molecule has 0 saturated carbocycles. The number of benzene rings is 1. The van der Waals surface area contributed by atoms with E-state index in [1.165, 1.54) is 25.9 Å². The molecule has 0 spiro atoms. The molecule has 1 atom stereocenters. The number of carbonyl (C=O) groups is 1. The molecule has 30 heavy (non-hydrogen) atoms. The number of aromatic nitrogens is 1. The van der Waals surface area contributed by atoms with Gasteiger partial charge >= 0.3 is 0 Å². The van der Waals surface area contributed by atoms with E-state index in [-0.39, 0.29) is 5.91 Å². The molecule has 2 bridgehead atoms. The number of carbonyl (C=O) groups excluding carboxylic acids is 1. The Morgan fingerprint density at radius 2 is 1.80 bits per heavy atom. The van der Waals surface area contributed by atoms with Crippen LogP contribution >= 0.6 is 11.8 Å². The van der Waals surface area contributed by atoms with Crippen molar-refractivity contribution < 1.29 is 9.53 Å². The van der Waals surface area contributed by atoms with E-state index >= 15 is 0 Å². The zero-order chi connectivity index (χ0) is 20.3. The van der Waals surface area contributed by atoms with Gasteiger partial charge in [0.15, 0.2) is 0 Å². The van der Waals surface area contributed by atoms with Gasteiger partial charge in [-0.15, -0.1) is 0 Å². The highest BCUT2D eigenvalue weighted by Crippen LogP contribution is 2.29. The van der Waals surface area contributed by atoms with Crippen LogP contribution in [0.15, 0.2) is 52.5 Å². The van der Waals surface area contributed by atoms with Crippen LogP contribution in [0, 0.1) is 5.92 Å². The minimum absolute atomic E-state index is 0.0401.